The molecule has 146 valence electrons. The summed E-state index contributed by atoms with van der Waals surface area (Å²) in [4.78, 5) is 6.96. The molecule has 1 aliphatic carbocycles. The van der Waals surface area contributed by atoms with E-state index in [0.29, 0.717) is 19.2 Å². The highest BCUT2D eigenvalue weighted by molar-refractivity contribution is 5.80. The third kappa shape index (κ3) is 6.14. The molecule has 1 aromatic rings. The van der Waals surface area contributed by atoms with E-state index in [2.05, 4.69) is 33.5 Å². The lowest BCUT2D eigenvalue weighted by atomic mass is 10.0. The Morgan fingerprint density at radius 2 is 2.19 bits per heavy atom. The number of aliphatic imine (C=N–C) groups is 1. The maximum Gasteiger partial charge on any atom is 0.191 e. The number of nitriles is 1. The van der Waals surface area contributed by atoms with E-state index in [1.165, 1.54) is 12.8 Å². The molecule has 6 nitrogen and oxygen atoms in total. The van der Waals surface area contributed by atoms with Crippen LogP contribution >= 0.6 is 0 Å². The van der Waals surface area contributed by atoms with Gasteiger partial charge in [-0.2, -0.15) is 5.26 Å². The highest BCUT2D eigenvalue weighted by Crippen LogP contribution is 2.28. The van der Waals surface area contributed by atoms with Crippen molar-refractivity contribution < 1.29 is 4.74 Å². The van der Waals surface area contributed by atoms with Crippen LogP contribution < -0.4 is 15.5 Å². The maximum absolute atomic E-state index is 9.38. The van der Waals surface area contributed by atoms with Crippen molar-refractivity contribution in [3.63, 3.8) is 0 Å². The number of ether oxygens (including phenoxy) is 1. The zero-order valence-corrected chi connectivity index (χ0v) is 16.3. The molecule has 6 heteroatoms. The third-order valence-electron chi connectivity index (χ3n) is 5.03. The number of guanidine groups is 1. The van der Waals surface area contributed by atoms with E-state index >= 15 is 0 Å². The number of nitrogens with zero attached hydrogens (tertiary/aromatic N) is 3. The second-order valence-electron chi connectivity index (χ2n) is 7.34. The predicted octanol–water partition coefficient (Wildman–Crippen LogP) is 2.51. The summed E-state index contributed by atoms with van der Waals surface area (Å²) >= 11 is 0. The Morgan fingerprint density at radius 1 is 1.33 bits per heavy atom. The standard InChI is InChI=1S/C21H31N5O/c1-2-23-21(24-11-13-27-16-17-9-10-17)25-19-7-5-12-26(15-19)20-8-4-3-6-18(20)14-22/h3-4,6,8,17,19H,2,5,7,9-13,15-16H2,1H3,(H2,23,24,25). The first-order valence-electron chi connectivity index (χ1n) is 10.2. The number of rotatable bonds is 8. The summed E-state index contributed by atoms with van der Waals surface area (Å²) in [6, 6.07) is 10.5. The molecule has 27 heavy (non-hydrogen) atoms. The Kier molecular flexibility index (Phi) is 7.35. The van der Waals surface area contributed by atoms with E-state index in [-0.39, 0.29) is 0 Å². The quantitative estimate of drug-likeness (QED) is 0.418. The van der Waals surface area contributed by atoms with Gasteiger partial charge in [-0.3, -0.25) is 4.99 Å². The van der Waals surface area contributed by atoms with E-state index in [1.54, 1.807) is 0 Å². The van der Waals surface area contributed by atoms with Crippen molar-refractivity contribution in [3.8, 4) is 6.07 Å². The number of hydrogen-bond acceptors (Lipinski definition) is 4. The molecule has 1 saturated heterocycles. The Balaban J connectivity index is 1.52. The van der Waals surface area contributed by atoms with Crippen molar-refractivity contribution in [1.29, 1.82) is 5.26 Å². The minimum Gasteiger partial charge on any atom is -0.379 e. The molecule has 0 amide bonds. The van der Waals surface area contributed by atoms with Gasteiger partial charge in [-0.1, -0.05) is 12.1 Å². The van der Waals surface area contributed by atoms with Gasteiger partial charge in [-0.25, -0.2) is 0 Å². The lowest BCUT2D eigenvalue weighted by molar-refractivity contribution is 0.131. The Bertz CT molecular complexity index is 665. The van der Waals surface area contributed by atoms with Crippen LogP contribution in [0.4, 0.5) is 5.69 Å². The molecule has 3 rings (SSSR count). The van der Waals surface area contributed by atoms with Gasteiger partial charge in [0.25, 0.3) is 0 Å². The predicted molar refractivity (Wildman–Crippen MR) is 109 cm³/mol. The summed E-state index contributed by atoms with van der Waals surface area (Å²) in [5.74, 6) is 1.65. The summed E-state index contributed by atoms with van der Waals surface area (Å²) < 4.78 is 5.68. The molecule has 0 spiro atoms. The van der Waals surface area contributed by atoms with Crippen molar-refractivity contribution in [2.45, 2.75) is 38.6 Å². The Hall–Kier alpha value is -2.26. The van der Waals surface area contributed by atoms with Crippen molar-refractivity contribution >= 4 is 11.6 Å². The molecule has 1 saturated carbocycles. The summed E-state index contributed by atoms with van der Waals surface area (Å²) in [5, 5.41) is 16.3. The van der Waals surface area contributed by atoms with Crippen molar-refractivity contribution in [1.82, 2.24) is 10.6 Å². The first kappa shape index (κ1) is 19.5. The van der Waals surface area contributed by atoms with Crippen LogP contribution in [0, 0.1) is 17.2 Å². The molecule has 0 aromatic heterocycles. The van der Waals surface area contributed by atoms with Gasteiger partial charge in [-0.15, -0.1) is 0 Å². The molecule has 0 bridgehead atoms. The Labute approximate surface area is 162 Å². The van der Waals surface area contributed by atoms with Gasteiger partial charge in [0.15, 0.2) is 5.96 Å². The highest BCUT2D eigenvalue weighted by Gasteiger charge is 2.23. The molecular weight excluding hydrogens is 338 g/mol. The summed E-state index contributed by atoms with van der Waals surface area (Å²) in [7, 11) is 0. The molecule has 2 fully saturated rings. The van der Waals surface area contributed by atoms with Gasteiger partial charge in [0.2, 0.25) is 0 Å². The van der Waals surface area contributed by atoms with E-state index in [1.807, 2.05) is 24.3 Å². The zero-order chi connectivity index (χ0) is 18.9. The molecule has 1 unspecified atom stereocenters. The fourth-order valence-electron chi connectivity index (χ4n) is 3.43. The van der Waals surface area contributed by atoms with Gasteiger partial charge >= 0.3 is 0 Å². The SMILES string of the molecule is CCNC(=NCCOCC1CC1)NC1CCCN(c2ccccc2C#N)C1. The number of piperidine rings is 1. The fraction of sp³-hybridized carbons (Fsp3) is 0.619. The lowest BCUT2D eigenvalue weighted by Crippen LogP contribution is -2.51. The van der Waals surface area contributed by atoms with Crippen LogP contribution in [0.25, 0.3) is 0 Å². The van der Waals surface area contributed by atoms with Gasteiger partial charge < -0.3 is 20.3 Å². The average molecular weight is 370 g/mol. The fourth-order valence-corrected chi connectivity index (χ4v) is 3.43. The van der Waals surface area contributed by atoms with E-state index < -0.39 is 0 Å². The van der Waals surface area contributed by atoms with Gasteiger partial charge in [0.1, 0.15) is 6.07 Å². The minimum absolute atomic E-state index is 0.315. The number of anilines is 1. The molecular formula is C21H31N5O. The van der Waals surface area contributed by atoms with E-state index in [0.717, 1.165) is 62.2 Å². The monoisotopic (exact) mass is 369 g/mol. The van der Waals surface area contributed by atoms with E-state index in [4.69, 9.17) is 4.74 Å². The zero-order valence-electron chi connectivity index (χ0n) is 16.3. The Morgan fingerprint density at radius 3 is 2.96 bits per heavy atom. The minimum atomic E-state index is 0.315. The second-order valence-corrected chi connectivity index (χ2v) is 7.34. The van der Waals surface area contributed by atoms with Gasteiger partial charge in [-0.05, 0) is 50.7 Å². The highest BCUT2D eigenvalue weighted by atomic mass is 16.5. The molecule has 1 heterocycles. The van der Waals surface area contributed by atoms with Crippen LogP contribution in [0.2, 0.25) is 0 Å². The first-order valence-corrected chi connectivity index (χ1v) is 10.2. The van der Waals surface area contributed by atoms with Gasteiger partial charge in [0, 0.05) is 32.3 Å². The van der Waals surface area contributed by atoms with Crippen molar-refractivity contribution in [2.24, 2.45) is 10.9 Å². The van der Waals surface area contributed by atoms with Crippen molar-refractivity contribution in [3.05, 3.63) is 29.8 Å². The van der Waals surface area contributed by atoms with Crippen LogP contribution in [0.3, 0.4) is 0 Å². The summed E-state index contributed by atoms with van der Waals surface area (Å²) in [5.41, 5.74) is 1.77. The number of nitrogens with one attached hydrogen (secondary N) is 2. The second kappa shape index (κ2) is 10.2. The average Bonchev–Trinajstić information content (AvgIpc) is 3.52. The molecule has 1 atom stereocenters. The molecule has 2 N–H and O–H groups in total. The number of benzene rings is 1. The summed E-state index contributed by atoms with van der Waals surface area (Å²) in [6.45, 7) is 7.02. The first-order chi connectivity index (χ1) is 13.3. The molecule has 0 radical (unpaired) electrons. The topological polar surface area (TPSA) is 72.7 Å². The van der Waals surface area contributed by atoms with Gasteiger partial charge in [0.05, 0.1) is 24.4 Å². The van der Waals surface area contributed by atoms with Crippen LogP contribution in [-0.2, 0) is 4.74 Å². The molecule has 2 aliphatic rings. The van der Waals surface area contributed by atoms with E-state index in [9.17, 15) is 5.26 Å². The number of para-hydroxylation sites is 1. The smallest absolute Gasteiger partial charge is 0.191 e. The lowest BCUT2D eigenvalue weighted by Gasteiger charge is -2.35. The third-order valence-corrected chi connectivity index (χ3v) is 5.03. The van der Waals surface area contributed by atoms with Crippen LogP contribution in [-0.4, -0.2) is 51.4 Å². The summed E-state index contributed by atoms with van der Waals surface area (Å²) in [6.07, 6.45) is 4.84. The van der Waals surface area contributed by atoms with Crippen LogP contribution in [0.5, 0.6) is 0 Å². The maximum atomic E-state index is 9.38. The normalized spacial score (nSPS) is 20.2. The van der Waals surface area contributed by atoms with Crippen LogP contribution in [0.15, 0.2) is 29.3 Å². The van der Waals surface area contributed by atoms with Crippen molar-refractivity contribution in [2.75, 3.05) is 44.3 Å². The number of hydrogen-bond donors (Lipinski definition) is 2. The molecule has 1 aromatic carbocycles. The largest absolute Gasteiger partial charge is 0.379 e. The molecule has 1 aliphatic heterocycles. The van der Waals surface area contributed by atoms with Crippen LogP contribution in [0.1, 0.15) is 38.2 Å².